The van der Waals surface area contributed by atoms with Crippen LogP contribution in [0.4, 0.5) is 11.4 Å². The topological polar surface area (TPSA) is 364 Å². The van der Waals surface area contributed by atoms with E-state index in [2.05, 4.69) is 0 Å². The van der Waals surface area contributed by atoms with Gasteiger partial charge >= 0.3 is 5.97 Å². The summed E-state index contributed by atoms with van der Waals surface area (Å²) in [4.78, 5) is 9.33. The zero-order valence-corrected chi connectivity index (χ0v) is 46.5. The summed E-state index contributed by atoms with van der Waals surface area (Å²) in [7, 11) is -24.6. The number of hydrogen-bond donors (Lipinski definition) is 2. The number of carbonyl (C=O) groups is 1. The maximum atomic E-state index is 12.7. The Balaban J connectivity index is 1.57. The molecule has 4 aromatic carbocycles. The van der Waals surface area contributed by atoms with E-state index in [1.165, 1.54) is 18.2 Å². The first-order valence-corrected chi connectivity index (χ1v) is 31.4. The predicted molar refractivity (Wildman–Crippen MR) is 275 cm³/mol. The number of carboxylic acids is 1. The number of nitrogens with zero attached hydrogens (tertiary/aromatic N) is 2. The van der Waals surface area contributed by atoms with Crippen molar-refractivity contribution in [3.8, 4) is 0 Å². The Morgan fingerprint density at radius 1 is 0.649 bits per heavy atom. The van der Waals surface area contributed by atoms with Crippen molar-refractivity contribution in [1.82, 2.24) is 0 Å². The highest BCUT2D eigenvalue weighted by Gasteiger charge is 2.49. The van der Waals surface area contributed by atoms with Crippen LogP contribution in [-0.4, -0.2) is 158 Å². The maximum Gasteiger partial charge on any atom is 0.303 e. The molecule has 2 N–H and O–H groups in total. The fraction of sp³-hybridized carbons (Fsp3) is 0.469. The lowest BCUT2D eigenvalue weighted by Crippen LogP contribution is -2.32. The van der Waals surface area contributed by atoms with Crippen LogP contribution >= 0.6 is 0 Å². The molecule has 0 aromatic heterocycles. The van der Waals surface area contributed by atoms with Gasteiger partial charge in [0.2, 0.25) is 5.69 Å². The van der Waals surface area contributed by atoms with Crippen molar-refractivity contribution in [2.24, 2.45) is 0 Å². The number of likely N-dealkylation sites (N-methyl/N-ethyl adjacent to an activating group) is 1. The zero-order valence-electron chi connectivity index (χ0n) is 42.5. The Morgan fingerprint density at radius 3 is 1.69 bits per heavy atom. The van der Waals surface area contributed by atoms with Crippen molar-refractivity contribution in [2.75, 3.05) is 77.1 Å². The largest absolute Gasteiger partial charge is 0.744 e. The second-order valence-electron chi connectivity index (χ2n) is 18.8. The second kappa shape index (κ2) is 24.3. The third kappa shape index (κ3) is 14.2. The van der Waals surface area contributed by atoms with Crippen molar-refractivity contribution in [3.63, 3.8) is 0 Å². The summed E-state index contributed by atoms with van der Waals surface area (Å²) >= 11 is 0. The monoisotopic (exact) mass is 1170 g/mol. The smallest absolute Gasteiger partial charge is 0.303 e. The highest BCUT2D eigenvalue weighted by molar-refractivity contribution is 7.87. The SMILES string of the molecule is CCN1C(=CC=CC2=[N+](CCCCCC(=O)O)c3ccc4c(S(=O)(=O)[O-])cc(S(=O)(=O)[O-])cc4c3C2(C)CCCS(=O)(=O)O)C(C)(CCOCCOCCOCCOC)c2c1ccc1c(S(=O)(=O)[O-])cc(S(=O)(=O)[O-])cc21. The van der Waals surface area contributed by atoms with E-state index in [-0.39, 0.29) is 98.7 Å². The molecule has 0 spiro atoms. The summed E-state index contributed by atoms with van der Waals surface area (Å²) in [6.45, 7) is 7.26. The number of hydrogen-bond acceptors (Lipinski definition) is 20. The van der Waals surface area contributed by atoms with Crippen LogP contribution in [-0.2, 0) is 85.2 Å². The highest BCUT2D eigenvalue weighted by atomic mass is 32.2. The fourth-order valence-electron chi connectivity index (χ4n) is 10.3. The molecule has 77 heavy (non-hydrogen) atoms. The molecule has 0 saturated heterocycles. The minimum absolute atomic E-state index is 0.0221. The molecule has 2 unspecified atom stereocenters. The van der Waals surface area contributed by atoms with Crippen LogP contribution in [0.2, 0.25) is 0 Å². The number of ether oxygens (including phenoxy) is 4. The molecular formula is C49H59N2O21S5-3. The summed E-state index contributed by atoms with van der Waals surface area (Å²) in [5, 5.41) is 8.78. The lowest BCUT2D eigenvalue weighted by atomic mass is 9.74. The van der Waals surface area contributed by atoms with Crippen LogP contribution < -0.4 is 4.90 Å². The quantitative estimate of drug-likeness (QED) is 0.0426. The maximum absolute atomic E-state index is 12.7. The number of rotatable bonds is 29. The number of anilines is 1. The Labute approximate surface area is 447 Å². The molecule has 23 nitrogen and oxygen atoms in total. The van der Waals surface area contributed by atoms with Crippen molar-refractivity contribution in [1.29, 1.82) is 0 Å². The third-order valence-electron chi connectivity index (χ3n) is 13.7. The first-order chi connectivity index (χ1) is 35.9. The minimum Gasteiger partial charge on any atom is -0.744 e. The number of carboxylic acid groups (broad SMARTS) is 1. The molecule has 0 aliphatic carbocycles. The molecule has 2 aliphatic heterocycles. The van der Waals surface area contributed by atoms with E-state index in [0.717, 1.165) is 12.1 Å². The van der Waals surface area contributed by atoms with Gasteiger partial charge in [-0.1, -0.05) is 12.1 Å². The highest BCUT2D eigenvalue weighted by Crippen LogP contribution is 2.54. The van der Waals surface area contributed by atoms with Gasteiger partial charge in [0.15, 0.2) is 5.71 Å². The number of fused-ring (bicyclic) bond motifs is 6. The van der Waals surface area contributed by atoms with Gasteiger partial charge in [-0.05, 0) is 117 Å². The molecular weight excluding hydrogens is 1110 g/mol. The molecule has 0 fully saturated rings. The summed E-state index contributed by atoms with van der Waals surface area (Å²) in [5.74, 6) is -1.78. The van der Waals surface area contributed by atoms with Crippen molar-refractivity contribution >= 4 is 95.2 Å². The number of methoxy groups -OCH3 is 1. The van der Waals surface area contributed by atoms with Gasteiger partial charge in [0.1, 0.15) is 47.0 Å². The summed E-state index contributed by atoms with van der Waals surface area (Å²) < 4.78 is 210. The van der Waals surface area contributed by atoms with Gasteiger partial charge < -0.3 is 47.2 Å². The standard InChI is InChI=1S/C49H62N2O21S5/c1-5-50-39-16-14-35-37(29-33(74(57,58)59)31-41(35)76(63,64)65)46(39)49(3,19-21-70-24-25-72-27-26-71-23-22-69-4)43(50)11-9-12-44-48(2,18-10-28-73(54,55)56)47-38-30-34(75(60,61)62)32-42(77(66,67)68)36(38)15-17-40(47)51(44)20-8-6-7-13-45(52)53/h9,11-12,14-17,29-32H,5-8,10,13,18-28H2,1-4H3,(H5-,52,53,54,55,56,57,58,59,60,61,62,63,64,65,66,67,68)/p-3. The van der Waals surface area contributed by atoms with Crippen LogP contribution in [0.3, 0.4) is 0 Å². The van der Waals surface area contributed by atoms with Gasteiger partial charge in [0.25, 0.3) is 10.1 Å². The van der Waals surface area contributed by atoms with Crippen molar-refractivity contribution < 1.29 is 98.3 Å². The molecule has 2 aliphatic rings. The van der Waals surface area contributed by atoms with Crippen LogP contribution in [0, 0.1) is 0 Å². The Kier molecular flexibility index (Phi) is 19.4. The Bertz CT molecular complexity index is 3600. The molecule has 2 atom stereocenters. The van der Waals surface area contributed by atoms with Crippen LogP contribution in [0.25, 0.3) is 21.5 Å². The number of allylic oxidation sites excluding steroid dienone is 4. The number of benzene rings is 4. The van der Waals surface area contributed by atoms with Crippen molar-refractivity contribution in [3.05, 3.63) is 83.6 Å². The lowest BCUT2D eigenvalue weighted by Gasteiger charge is -2.30. The first-order valence-electron chi connectivity index (χ1n) is 24.1. The number of aliphatic carboxylic acids is 1. The van der Waals surface area contributed by atoms with E-state index in [9.17, 15) is 74.8 Å². The second-order valence-corrected chi connectivity index (χ2v) is 25.8. The molecule has 0 radical (unpaired) electrons. The Morgan fingerprint density at radius 2 is 1.18 bits per heavy atom. The van der Waals surface area contributed by atoms with E-state index < -0.39 is 92.7 Å². The van der Waals surface area contributed by atoms with Crippen molar-refractivity contribution in [2.45, 2.75) is 96.1 Å². The van der Waals surface area contributed by atoms with Crippen LogP contribution in [0.1, 0.15) is 76.8 Å². The summed E-state index contributed by atoms with van der Waals surface area (Å²) in [6, 6.07) is 8.62. The average molecular weight is 1170 g/mol. The van der Waals surface area contributed by atoms with Gasteiger partial charge in [0, 0.05) is 73.0 Å². The van der Waals surface area contributed by atoms with Gasteiger partial charge in [0.05, 0.1) is 70.4 Å². The molecule has 4 aromatic rings. The van der Waals surface area contributed by atoms with Crippen LogP contribution in [0.5, 0.6) is 0 Å². The van der Waals surface area contributed by atoms with E-state index >= 15 is 0 Å². The summed E-state index contributed by atoms with van der Waals surface area (Å²) in [6.07, 6.45) is 5.58. The first kappa shape index (κ1) is 61.4. The molecule has 2 heterocycles. The lowest BCUT2D eigenvalue weighted by molar-refractivity contribution is -0.438. The fourth-order valence-corrected chi connectivity index (χ4v) is 13.5. The molecule has 6 rings (SSSR count). The van der Waals surface area contributed by atoms with E-state index in [4.69, 9.17) is 18.9 Å². The molecule has 424 valence electrons. The average Bonchev–Trinajstić information content (AvgIpc) is 3.86. The van der Waals surface area contributed by atoms with Gasteiger partial charge in [-0.3, -0.25) is 9.35 Å². The Hall–Kier alpha value is -4.79. The van der Waals surface area contributed by atoms with E-state index in [1.54, 1.807) is 56.8 Å². The van der Waals surface area contributed by atoms with Crippen LogP contribution in [0.15, 0.2) is 92.0 Å². The van der Waals surface area contributed by atoms with Gasteiger partial charge in [-0.15, -0.1) is 0 Å². The normalized spacial score (nSPS) is 18.9. The third-order valence-corrected chi connectivity index (χ3v) is 17.9. The molecule has 0 amide bonds. The number of unbranched alkanes of at least 4 members (excludes halogenated alkanes) is 2. The van der Waals surface area contributed by atoms with Gasteiger partial charge in [-0.2, -0.15) is 13.0 Å². The molecule has 28 heteroatoms. The minimum atomic E-state index is -5.45. The van der Waals surface area contributed by atoms with E-state index in [1.807, 2.05) is 4.90 Å². The van der Waals surface area contributed by atoms with E-state index in [0.29, 0.717) is 73.1 Å². The molecule has 0 bridgehead atoms. The molecule has 0 saturated carbocycles. The predicted octanol–water partition coefficient (Wildman–Crippen LogP) is 4.60. The summed E-state index contributed by atoms with van der Waals surface area (Å²) in [5.41, 5.74) is -0.458. The van der Waals surface area contributed by atoms with Gasteiger partial charge in [-0.25, -0.2) is 33.7 Å². The zero-order chi connectivity index (χ0) is 56.9.